The molecule has 0 aromatic heterocycles. The van der Waals surface area contributed by atoms with E-state index in [1.165, 1.54) is 0 Å². The average molecular weight is 121 g/mol. The average Bonchev–Trinajstić information content (AvgIpc) is 1.68. The number of nitrogens with two attached hydrogens (primary N) is 1. The van der Waals surface area contributed by atoms with E-state index in [-0.39, 0.29) is 12.6 Å². The molecule has 0 amide bonds. The number of rotatable bonds is 3. The van der Waals surface area contributed by atoms with Crippen LogP contribution in [0.15, 0.2) is 0 Å². The molecule has 44 valence electrons. The van der Waals surface area contributed by atoms with Gasteiger partial charge in [-0.2, -0.15) is 11.8 Å². The van der Waals surface area contributed by atoms with Gasteiger partial charge in [-0.05, 0) is 6.26 Å². The molecule has 0 radical (unpaired) electrons. The molecule has 0 aromatic rings. The molecule has 2 nitrogen and oxygen atoms in total. The van der Waals surface area contributed by atoms with Gasteiger partial charge in [-0.3, -0.25) is 0 Å². The monoisotopic (exact) mass is 121 g/mol. The van der Waals surface area contributed by atoms with Crippen LogP contribution in [0.25, 0.3) is 0 Å². The van der Waals surface area contributed by atoms with Crippen LogP contribution >= 0.6 is 11.8 Å². The highest BCUT2D eigenvalue weighted by molar-refractivity contribution is 7.98. The van der Waals surface area contributed by atoms with Crippen molar-refractivity contribution in [2.75, 3.05) is 18.6 Å². The standard InChI is InChI=1S/C4H11NOS/c1-7-3-4(5)2-6/h4,6H,2-3,5H2,1H3/t4-/m0/s1. The quantitative estimate of drug-likeness (QED) is 0.537. The molecule has 0 saturated heterocycles. The van der Waals surface area contributed by atoms with Gasteiger partial charge >= 0.3 is 0 Å². The fourth-order valence-electron chi connectivity index (χ4n) is 0.267. The topological polar surface area (TPSA) is 46.2 Å². The Morgan fingerprint density at radius 1 is 1.86 bits per heavy atom. The third-order valence-corrected chi connectivity index (χ3v) is 1.38. The molecule has 1 atom stereocenters. The maximum atomic E-state index is 8.33. The first kappa shape index (κ1) is 7.27. The normalized spacial score (nSPS) is 14.1. The molecule has 7 heavy (non-hydrogen) atoms. The van der Waals surface area contributed by atoms with Crippen molar-refractivity contribution in [1.29, 1.82) is 0 Å². The van der Waals surface area contributed by atoms with Crippen LogP contribution in [0.1, 0.15) is 0 Å². The molecule has 0 aliphatic rings. The summed E-state index contributed by atoms with van der Waals surface area (Å²) in [4.78, 5) is 0. The number of thioether (sulfide) groups is 1. The van der Waals surface area contributed by atoms with Crippen LogP contribution in [0.5, 0.6) is 0 Å². The Kier molecular flexibility index (Phi) is 4.60. The molecule has 0 rings (SSSR count). The second kappa shape index (κ2) is 4.43. The Balaban J connectivity index is 2.83. The predicted octanol–water partition coefficient (Wildman–Crippen LogP) is -0.331. The van der Waals surface area contributed by atoms with Gasteiger partial charge in [0.2, 0.25) is 0 Å². The number of hydrogen-bond acceptors (Lipinski definition) is 3. The van der Waals surface area contributed by atoms with E-state index >= 15 is 0 Å². The van der Waals surface area contributed by atoms with Gasteiger partial charge in [0.1, 0.15) is 0 Å². The van der Waals surface area contributed by atoms with Gasteiger partial charge in [0.05, 0.1) is 6.61 Å². The van der Waals surface area contributed by atoms with Crippen molar-refractivity contribution in [2.24, 2.45) is 5.73 Å². The molecule has 0 bridgehead atoms. The van der Waals surface area contributed by atoms with Crippen LogP contribution < -0.4 is 5.73 Å². The molecule has 0 heterocycles. The van der Waals surface area contributed by atoms with E-state index in [1.54, 1.807) is 11.8 Å². The summed E-state index contributed by atoms with van der Waals surface area (Å²) >= 11 is 1.65. The number of aliphatic hydroxyl groups excluding tert-OH is 1. The van der Waals surface area contributed by atoms with Gasteiger partial charge in [-0.25, -0.2) is 0 Å². The van der Waals surface area contributed by atoms with E-state index in [0.717, 1.165) is 5.75 Å². The van der Waals surface area contributed by atoms with Crippen molar-refractivity contribution in [1.82, 2.24) is 0 Å². The summed E-state index contributed by atoms with van der Waals surface area (Å²) in [6.07, 6.45) is 1.97. The summed E-state index contributed by atoms with van der Waals surface area (Å²) in [5, 5.41) is 8.33. The molecule has 0 fully saturated rings. The summed E-state index contributed by atoms with van der Waals surface area (Å²) in [6, 6.07) is -0.0324. The number of aliphatic hydroxyl groups is 1. The number of hydrogen-bond donors (Lipinski definition) is 2. The zero-order valence-electron chi connectivity index (χ0n) is 4.42. The second-order valence-electron chi connectivity index (χ2n) is 1.40. The second-order valence-corrected chi connectivity index (χ2v) is 2.31. The minimum absolute atomic E-state index is 0.0324. The van der Waals surface area contributed by atoms with Gasteiger partial charge < -0.3 is 10.8 Å². The summed E-state index contributed by atoms with van der Waals surface area (Å²) in [6.45, 7) is 0.0981. The van der Waals surface area contributed by atoms with E-state index in [2.05, 4.69) is 0 Å². The Labute approximate surface area is 48.1 Å². The zero-order chi connectivity index (χ0) is 5.70. The van der Waals surface area contributed by atoms with Gasteiger partial charge in [0.25, 0.3) is 0 Å². The molecule has 0 unspecified atom stereocenters. The molecular formula is C4H11NOS. The minimum atomic E-state index is -0.0324. The minimum Gasteiger partial charge on any atom is -0.395 e. The van der Waals surface area contributed by atoms with E-state index in [4.69, 9.17) is 10.8 Å². The van der Waals surface area contributed by atoms with Crippen molar-refractivity contribution in [2.45, 2.75) is 6.04 Å². The SMILES string of the molecule is CSC[C@@H](N)CO. The van der Waals surface area contributed by atoms with Crippen LogP contribution in [0.2, 0.25) is 0 Å². The Morgan fingerprint density at radius 2 is 2.43 bits per heavy atom. The van der Waals surface area contributed by atoms with Gasteiger partial charge in [-0.15, -0.1) is 0 Å². The lowest BCUT2D eigenvalue weighted by Gasteiger charge is -2.02. The van der Waals surface area contributed by atoms with E-state index in [9.17, 15) is 0 Å². The van der Waals surface area contributed by atoms with Gasteiger partial charge in [0.15, 0.2) is 0 Å². The first-order valence-corrected chi connectivity index (χ1v) is 3.56. The van der Waals surface area contributed by atoms with Crippen LogP contribution in [0.4, 0.5) is 0 Å². The molecule has 0 saturated carbocycles. The highest BCUT2D eigenvalue weighted by Gasteiger charge is 1.94. The molecule has 0 aliphatic carbocycles. The highest BCUT2D eigenvalue weighted by Crippen LogP contribution is 1.91. The lowest BCUT2D eigenvalue weighted by Crippen LogP contribution is -2.26. The van der Waals surface area contributed by atoms with Gasteiger partial charge in [0, 0.05) is 11.8 Å². The summed E-state index contributed by atoms with van der Waals surface area (Å²) < 4.78 is 0. The lowest BCUT2D eigenvalue weighted by molar-refractivity contribution is 0.275. The van der Waals surface area contributed by atoms with E-state index in [0.29, 0.717) is 0 Å². The van der Waals surface area contributed by atoms with Gasteiger partial charge in [-0.1, -0.05) is 0 Å². The van der Waals surface area contributed by atoms with Crippen molar-refractivity contribution in [3.8, 4) is 0 Å². The smallest absolute Gasteiger partial charge is 0.0590 e. The maximum absolute atomic E-state index is 8.33. The van der Waals surface area contributed by atoms with Crippen LogP contribution in [-0.4, -0.2) is 29.8 Å². The molecule has 0 spiro atoms. The van der Waals surface area contributed by atoms with Crippen LogP contribution in [0, 0.1) is 0 Å². The molecule has 3 heteroatoms. The fourth-order valence-corrected chi connectivity index (χ4v) is 0.800. The highest BCUT2D eigenvalue weighted by atomic mass is 32.2. The molecule has 0 aromatic carbocycles. The summed E-state index contributed by atoms with van der Waals surface area (Å²) in [5.41, 5.74) is 5.31. The third-order valence-electron chi connectivity index (χ3n) is 0.615. The Bertz CT molecular complexity index is 42.7. The summed E-state index contributed by atoms with van der Waals surface area (Å²) in [5.74, 6) is 0.844. The van der Waals surface area contributed by atoms with Crippen LogP contribution in [0.3, 0.4) is 0 Å². The first-order chi connectivity index (χ1) is 3.31. The van der Waals surface area contributed by atoms with Crippen molar-refractivity contribution < 1.29 is 5.11 Å². The molecule has 0 aliphatic heterocycles. The van der Waals surface area contributed by atoms with Crippen LogP contribution in [-0.2, 0) is 0 Å². The molecule has 3 N–H and O–H groups in total. The van der Waals surface area contributed by atoms with E-state index < -0.39 is 0 Å². The largest absolute Gasteiger partial charge is 0.395 e. The first-order valence-electron chi connectivity index (χ1n) is 2.16. The third kappa shape index (κ3) is 4.12. The van der Waals surface area contributed by atoms with E-state index in [1.807, 2.05) is 6.26 Å². The van der Waals surface area contributed by atoms with Crippen molar-refractivity contribution >= 4 is 11.8 Å². The summed E-state index contributed by atoms with van der Waals surface area (Å²) in [7, 11) is 0. The Hall–Kier alpha value is 0.270. The predicted molar refractivity (Wildman–Crippen MR) is 33.4 cm³/mol. The van der Waals surface area contributed by atoms with Crippen molar-refractivity contribution in [3.05, 3.63) is 0 Å². The van der Waals surface area contributed by atoms with Crippen molar-refractivity contribution in [3.63, 3.8) is 0 Å². The maximum Gasteiger partial charge on any atom is 0.0590 e. The zero-order valence-corrected chi connectivity index (χ0v) is 5.24. The lowest BCUT2D eigenvalue weighted by atomic mass is 10.4. The Morgan fingerprint density at radius 3 is 2.57 bits per heavy atom. The molecular weight excluding hydrogens is 110 g/mol. The fraction of sp³-hybridized carbons (Fsp3) is 1.00.